The second-order valence-corrected chi connectivity index (χ2v) is 4.07. The lowest BCUT2D eigenvalue weighted by molar-refractivity contribution is -0.123. The van der Waals surface area contributed by atoms with Crippen LogP contribution in [0.25, 0.3) is 0 Å². The number of hydrogen-bond donors (Lipinski definition) is 2. The Labute approximate surface area is 81.1 Å². The Morgan fingerprint density at radius 3 is 2.38 bits per heavy atom. The molecule has 1 amide bonds. The molecule has 0 aliphatic heterocycles. The van der Waals surface area contributed by atoms with Crippen molar-refractivity contribution < 1.29 is 4.79 Å². The zero-order valence-electron chi connectivity index (χ0n) is 9.18. The third kappa shape index (κ3) is 3.77. The topological polar surface area (TPSA) is 55.1 Å². The number of amides is 1. The molecule has 0 rings (SSSR count). The van der Waals surface area contributed by atoms with E-state index >= 15 is 0 Å². The molecular weight excluding hydrogens is 164 g/mol. The monoisotopic (exact) mass is 186 g/mol. The highest BCUT2D eigenvalue weighted by molar-refractivity contribution is 5.76. The van der Waals surface area contributed by atoms with E-state index in [1.54, 1.807) is 0 Å². The van der Waals surface area contributed by atoms with Crippen molar-refractivity contribution in [3.63, 3.8) is 0 Å². The van der Waals surface area contributed by atoms with Gasteiger partial charge in [-0.05, 0) is 19.3 Å². The molecule has 0 saturated carbocycles. The zero-order chi connectivity index (χ0) is 10.5. The summed E-state index contributed by atoms with van der Waals surface area (Å²) in [6.07, 6.45) is 1.47. The van der Waals surface area contributed by atoms with Crippen LogP contribution in [0, 0.1) is 5.92 Å². The van der Waals surface area contributed by atoms with Gasteiger partial charge in [-0.15, -0.1) is 0 Å². The van der Waals surface area contributed by atoms with Crippen molar-refractivity contribution in [1.29, 1.82) is 0 Å². The molecule has 13 heavy (non-hydrogen) atoms. The van der Waals surface area contributed by atoms with E-state index in [4.69, 9.17) is 5.73 Å². The van der Waals surface area contributed by atoms with Crippen LogP contribution >= 0.6 is 0 Å². The zero-order valence-corrected chi connectivity index (χ0v) is 9.18. The normalized spacial score (nSPS) is 15.5. The van der Waals surface area contributed by atoms with E-state index in [1.165, 1.54) is 0 Å². The highest BCUT2D eigenvalue weighted by Gasteiger charge is 2.27. The summed E-state index contributed by atoms with van der Waals surface area (Å²) in [7, 11) is 0. The summed E-state index contributed by atoms with van der Waals surface area (Å²) < 4.78 is 0. The third-order valence-electron chi connectivity index (χ3n) is 2.60. The van der Waals surface area contributed by atoms with Crippen molar-refractivity contribution in [2.45, 2.75) is 46.1 Å². The standard InChI is InChI=1S/C10H22N2O/c1-5-6-9(13)12-10(4,7-11)8(2)3/h8H,5-7,11H2,1-4H3,(H,12,13). The minimum atomic E-state index is -0.258. The molecule has 0 radical (unpaired) electrons. The molecule has 0 aliphatic rings. The molecule has 0 fully saturated rings. The fourth-order valence-electron chi connectivity index (χ4n) is 1.04. The molecule has 0 aliphatic carbocycles. The van der Waals surface area contributed by atoms with Crippen molar-refractivity contribution in [3.05, 3.63) is 0 Å². The summed E-state index contributed by atoms with van der Waals surface area (Å²) >= 11 is 0. The van der Waals surface area contributed by atoms with Crippen LogP contribution in [0.5, 0.6) is 0 Å². The summed E-state index contributed by atoms with van der Waals surface area (Å²) in [6.45, 7) is 8.61. The maximum absolute atomic E-state index is 11.4. The Morgan fingerprint density at radius 2 is 2.08 bits per heavy atom. The van der Waals surface area contributed by atoms with Gasteiger partial charge in [-0.25, -0.2) is 0 Å². The van der Waals surface area contributed by atoms with Crippen molar-refractivity contribution in [3.8, 4) is 0 Å². The highest BCUT2D eigenvalue weighted by Crippen LogP contribution is 2.14. The van der Waals surface area contributed by atoms with Gasteiger partial charge in [-0.1, -0.05) is 20.8 Å². The SMILES string of the molecule is CCCC(=O)NC(C)(CN)C(C)C. The Balaban J connectivity index is 4.19. The Bertz CT molecular complexity index is 168. The van der Waals surface area contributed by atoms with Crippen LogP contribution in [0.1, 0.15) is 40.5 Å². The van der Waals surface area contributed by atoms with Gasteiger partial charge >= 0.3 is 0 Å². The first-order chi connectivity index (χ1) is 5.96. The van der Waals surface area contributed by atoms with Gasteiger partial charge in [-0.2, -0.15) is 0 Å². The predicted octanol–water partition coefficient (Wildman–Crippen LogP) is 1.28. The number of carbonyl (C=O) groups excluding carboxylic acids is 1. The first kappa shape index (κ1) is 12.4. The minimum Gasteiger partial charge on any atom is -0.349 e. The summed E-state index contributed by atoms with van der Waals surface area (Å²) in [5.41, 5.74) is 5.38. The summed E-state index contributed by atoms with van der Waals surface area (Å²) in [4.78, 5) is 11.4. The molecule has 1 unspecified atom stereocenters. The quantitative estimate of drug-likeness (QED) is 0.679. The molecule has 0 aromatic rings. The lowest BCUT2D eigenvalue weighted by atomic mass is 9.88. The Hall–Kier alpha value is -0.570. The second-order valence-electron chi connectivity index (χ2n) is 4.07. The van der Waals surface area contributed by atoms with Crippen LogP contribution in [-0.4, -0.2) is 18.0 Å². The molecule has 0 saturated heterocycles. The third-order valence-corrected chi connectivity index (χ3v) is 2.60. The Morgan fingerprint density at radius 1 is 1.54 bits per heavy atom. The van der Waals surface area contributed by atoms with Gasteiger partial charge in [0.15, 0.2) is 0 Å². The van der Waals surface area contributed by atoms with E-state index in [2.05, 4.69) is 19.2 Å². The average molecular weight is 186 g/mol. The fourth-order valence-corrected chi connectivity index (χ4v) is 1.04. The molecule has 3 nitrogen and oxygen atoms in total. The smallest absolute Gasteiger partial charge is 0.220 e. The molecule has 78 valence electrons. The van der Waals surface area contributed by atoms with Crippen LogP contribution in [0.15, 0.2) is 0 Å². The van der Waals surface area contributed by atoms with Gasteiger partial charge in [0.1, 0.15) is 0 Å². The van der Waals surface area contributed by atoms with Crippen LogP contribution in [-0.2, 0) is 4.79 Å². The van der Waals surface area contributed by atoms with Gasteiger partial charge in [-0.3, -0.25) is 4.79 Å². The highest BCUT2D eigenvalue weighted by atomic mass is 16.1. The fraction of sp³-hybridized carbons (Fsp3) is 0.900. The van der Waals surface area contributed by atoms with Crippen LogP contribution in [0.3, 0.4) is 0 Å². The number of nitrogens with two attached hydrogens (primary N) is 1. The van der Waals surface area contributed by atoms with E-state index in [1.807, 2.05) is 13.8 Å². The molecule has 3 heteroatoms. The molecule has 3 N–H and O–H groups in total. The number of carbonyl (C=O) groups is 1. The minimum absolute atomic E-state index is 0.101. The largest absolute Gasteiger partial charge is 0.349 e. The van der Waals surface area contributed by atoms with E-state index in [0.717, 1.165) is 6.42 Å². The average Bonchev–Trinajstić information content (AvgIpc) is 2.04. The van der Waals surface area contributed by atoms with E-state index in [-0.39, 0.29) is 11.4 Å². The maximum atomic E-state index is 11.4. The number of nitrogens with one attached hydrogen (secondary N) is 1. The molecule has 0 spiro atoms. The van der Waals surface area contributed by atoms with Crippen LogP contribution in [0.4, 0.5) is 0 Å². The van der Waals surface area contributed by atoms with E-state index in [0.29, 0.717) is 18.9 Å². The Kier molecular flexibility index (Phi) is 4.99. The van der Waals surface area contributed by atoms with Crippen molar-refractivity contribution in [2.24, 2.45) is 11.7 Å². The van der Waals surface area contributed by atoms with Crippen molar-refractivity contribution in [2.75, 3.05) is 6.54 Å². The van der Waals surface area contributed by atoms with Gasteiger partial charge in [0.25, 0.3) is 0 Å². The molecule has 0 heterocycles. The van der Waals surface area contributed by atoms with Gasteiger partial charge in [0.05, 0.1) is 5.54 Å². The lowest BCUT2D eigenvalue weighted by Crippen LogP contribution is -2.54. The maximum Gasteiger partial charge on any atom is 0.220 e. The molecule has 0 aromatic heterocycles. The number of hydrogen-bond acceptors (Lipinski definition) is 2. The summed E-state index contributed by atoms with van der Waals surface area (Å²) in [5.74, 6) is 0.461. The first-order valence-electron chi connectivity index (χ1n) is 4.97. The second kappa shape index (κ2) is 5.22. The van der Waals surface area contributed by atoms with E-state index in [9.17, 15) is 4.79 Å². The van der Waals surface area contributed by atoms with E-state index < -0.39 is 0 Å². The van der Waals surface area contributed by atoms with Gasteiger partial charge < -0.3 is 11.1 Å². The van der Waals surface area contributed by atoms with Crippen molar-refractivity contribution in [1.82, 2.24) is 5.32 Å². The number of rotatable bonds is 5. The van der Waals surface area contributed by atoms with Gasteiger partial charge in [0.2, 0.25) is 5.91 Å². The summed E-state index contributed by atoms with van der Waals surface area (Å²) in [5, 5.41) is 2.98. The predicted molar refractivity (Wildman–Crippen MR) is 55.3 cm³/mol. The van der Waals surface area contributed by atoms with Crippen LogP contribution in [0.2, 0.25) is 0 Å². The van der Waals surface area contributed by atoms with Crippen molar-refractivity contribution >= 4 is 5.91 Å². The lowest BCUT2D eigenvalue weighted by Gasteiger charge is -2.33. The molecule has 1 atom stereocenters. The summed E-state index contributed by atoms with van der Waals surface area (Å²) in [6, 6.07) is 0. The molecule has 0 aromatic carbocycles. The molecule has 0 bridgehead atoms. The van der Waals surface area contributed by atoms with Gasteiger partial charge in [0, 0.05) is 13.0 Å². The van der Waals surface area contributed by atoms with Crippen LogP contribution < -0.4 is 11.1 Å². The molecular formula is C10H22N2O. The first-order valence-corrected chi connectivity index (χ1v) is 4.97.